The van der Waals surface area contributed by atoms with Crippen molar-refractivity contribution in [3.05, 3.63) is 33.7 Å². The molecule has 0 saturated carbocycles. The van der Waals surface area contributed by atoms with Crippen molar-refractivity contribution in [2.75, 3.05) is 39.3 Å². The lowest BCUT2D eigenvalue weighted by molar-refractivity contribution is -0.139. The molecule has 180 valence electrons. The Morgan fingerprint density at radius 3 is 2.55 bits per heavy atom. The standard InChI is InChI=1S/C23H33N5O4S/c1-2-32-20(29)18-16(25-22(31)26-19(18)17-7-6-14-33-17)15-27-12-8-23(9-13-27,21(24)30)28-10-4-3-5-11-28/h6-7,14,19H,2-5,8-13,15H2,1H3,(H2,24,30)(H2,25,26,31)/t19-/m0/s1. The summed E-state index contributed by atoms with van der Waals surface area (Å²) in [4.78, 5) is 43.2. The van der Waals surface area contributed by atoms with Crippen molar-refractivity contribution >= 4 is 29.2 Å². The lowest BCUT2D eigenvalue weighted by Crippen LogP contribution is -2.63. The number of primary amides is 1. The zero-order chi connectivity index (χ0) is 23.4. The number of likely N-dealkylation sites (tertiary alicyclic amines) is 2. The van der Waals surface area contributed by atoms with Gasteiger partial charge >= 0.3 is 12.0 Å². The van der Waals surface area contributed by atoms with Crippen molar-refractivity contribution in [3.63, 3.8) is 0 Å². The summed E-state index contributed by atoms with van der Waals surface area (Å²) >= 11 is 1.48. The largest absolute Gasteiger partial charge is 0.463 e. The molecular formula is C23H33N5O4S. The van der Waals surface area contributed by atoms with Crippen LogP contribution in [0.3, 0.4) is 0 Å². The van der Waals surface area contributed by atoms with Crippen molar-refractivity contribution in [1.82, 2.24) is 20.4 Å². The molecule has 1 aromatic heterocycles. The van der Waals surface area contributed by atoms with Gasteiger partial charge in [0, 0.05) is 30.2 Å². The van der Waals surface area contributed by atoms with Crippen molar-refractivity contribution in [2.24, 2.45) is 5.73 Å². The van der Waals surface area contributed by atoms with Crippen molar-refractivity contribution in [1.29, 1.82) is 0 Å². The Kier molecular flexibility index (Phi) is 7.35. The van der Waals surface area contributed by atoms with Gasteiger partial charge in [0.1, 0.15) is 5.54 Å². The number of carbonyl (C=O) groups excluding carboxylic acids is 3. The Hall–Kier alpha value is -2.43. The summed E-state index contributed by atoms with van der Waals surface area (Å²) in [6.45, 7) is 5.55. The van der Waals surface area contributed by atoms with Gasteiger partial charge in [0.15, 0.2) is 0 Å². The van der Waals surface area contributed by atoms with Crippen LogP contribution in [0.15, 0.2) is 28.8 Å². The molecule has 10 heteroatoms. The third-order valence-corrected chi connectivity index (χ3v) is 7.90. The van der Waals surface area contributed by atoms with Crippen LogP contribution in [0, 0.1) is 0 Å². The maximum absolute atomic E-state index is 12.9. The molecule has 4 N–H and O–H groups in total. The summed E-state index contributed by atoms with van der Waals surface area (Å²) in [6, 6.07) is 2.91. The van der Waals surface area contributed by atoms with E-state index in [9.17, 15) is 14.4 Å². The minimum Gasteiger partial charge on any atom is -0.463 e. The van der Waals surface area contributed by atoms with E-state index in [4.69, 9.17) is 10.5 Å². The molecule has 1 aromatic rings. The van der Waals surface area contributed by atoms with Crippen LogP contribution in [0.1, 0.15) is 49.9 Å². The minimum atomic E-state index is -0.605. The molecular weight excluding hydrogens is 442 g/mol. The van der Waals surface area contributed by atoms with E-state index in [1.165, 1.54) is 17.8 Å². The van der Waals surface area contributed by atoms with Gasteiger partial charge in [-0.2, -0.15) is 0 Å². The number of thiophene rings is 1. The van der Waals surface area contributed by atoms with E-state index in [0.717, 1.165) is 30.8 Å². The quantitative estimate of drug-likeness (QED) is 0.517. The van der Waals surface area contributed by atoms with Crippen LogP contribution in [-0.2, 0) is 14.3 Å². The highest BCUT2D eigenvalue weighted by Gasteiger charge is 2.45. The monoisotopic (exact) mass is 475 g/mol. The molecule has 9 nitrogen and oxygen atoms in total. The average Bonchev–Trinajstić information content (AvgIpc) is 3.35. The number of urea groups is 1. The van der Waals surface area contributed by atoms with Gasteiger partial charge in [0.25, 0.3) is 0 Å². The highest BCUT2D eigenvalue weighted by Crippen LogP contribution is 2.34. The van der Waals surface area contributed by atoms with E-state index in [2.05, 4.69) is 20.4 Å². The molecule has 0 spiro atoms. The number of rotatable bonds is 7. The first kappa shape index (κ1) is 23.7. The van der Waals surface area contributed by atoms with Crippen LogP contribution in [0.5, 0.6) is 0 Å². The molecule has 1 atom stereocenters. The number of hydrogen-bond donors (Lipinski definition) is 3. The van der Waals surface area contributed by atoms with E-state index in [0.29, 0.717) is 43.7 Å². The SMILES string of the molecule is CCOC(=O)C1=C(CN2CCC(C(N)=O)(N3CCCCC3)CC2)NC(=O)N[C@H]1c1cccs1. The topological polar surface area (TPSA) is 117 Å². The zero-order valence-electron chi connectivity index (χ0n) is 19.1. The summed E-state index contributed by atoms with van der Waals surface area (Å²) in [6.07, 6.45) is 4.67. The number of esters is 1. The Morgan fingerprint density at radius 2 is 1.94 bits per heavy atom. The molecule has 33 heavy (non-hydrogen) atoms. The third kappa shape index (κ3) is 4.92. The van der Waals surface area contributed by atoms with Gasteiger partial charge in [-0.15, -0.1) is 11.3 Å². The summed E-state index contributed by atoms with van der Waals surface area (Å²) < 4.78 is 5.34. The van der Waals surface area contributed by atoms with Crippen molar-refractivity contribution in [3.8, 4) is 0 Å². The number of carbonyl (C=O) groups is 3. The highest BCUT2D eigenvalue weighted by atomic mass is 32.1. The van der Waals surface area contributed by atoms with Crippen LogP contribution in [-0.4, -0.2) is 72.6 Å². The van der Waals surface area contributed by atoms with Gasteiger partial charge in [-0.1, -0.05) is 12.5 Å². The molecule has 3 aliphatic heterocycles. The van der Waals surface area contributed by atoms with Crippen LogP contribution in [0.25, 0.3) is 0 Å². The molecule has 3 amide bonds. The number of hydrogen-bond acceptors (Lipinski definition) is 7. The second-order valence-electron chi connectivity index (χ2n) is 8.88. The first-order valence-electron chi connectivity index (χ1n) is 11.7. The van der Waals surface area contributed by atoms with E-state index in [1.807, 2.05) is 17.5 Å². The van der Waals surface area contributed by atoms with E-state index < -0.39 is 17.6 Å². The number of nitrogens with zero attached hydrogens (tertiary/aromatic N) is 2. The van der Waals surface area contributed by atoms with Gasteiger partial charge in [0.05, 0.1) is 18.2 Å². The average molecular weight is 476 g/mol. The number of nitrogens with one attached hydrogen (secondary N) is 2. The number of ether oxygens (including phenoxy) is 1. The second kappa shape index (κ2) is 10.2. The van der Waals surface area contributed by atoms with Crippen LogP contribution >= 0.6 is 11.3 Å². The van der Waals surface area contributed by atoms with Crippen LogP contribution in [0.4, 0.5) is 4.79 Å². The molecule has 3 aliphatic rings. The summed E-state index contributed by atoms with van der Waals surface area (Å²) in [5, 5.41) is 7.62. The number of nitrogens with two attached hydrogens (primary N) is 1. The van der Waals surface area contributed by atoms with Gasteiger partial charge in [-0.3, -0.25) is 14.6 Å². The van der Waals surface area contributed by atoms with Gasteiger partial charge in [0.2, 0.25) is 5.91 Å². The maximum atomic E-state index is 12.9. The van der Waals surface area contributed by atoms with Gasteiger partial charge in [-0.25, -0.2) is 9.59 Å². The molecule has 4 heterocycles. The second-order valence-corrected chi connectivity index (χ2v) is 9.86. The summed E-state index contributed by atoms with van der Waals surface area (Å²) in [5.74, 6) is -0.682. The molecule has 0 radical (unpaired) electrons. The first-order valence-corrected chi connectivity index (χ1v) is 12.6. The van der Waals surface area contributed by atoms with Crippen molar-refractivity contribution in [2.45, 2.75) is 50.6 Å². The van der Waals surface area contributed by atoms with E-state index in [1.54, 1.807) is 6.92 Å². The predicted molar refractivity (Wildman–Crippen MR) is 125 cm³/mol. The Labute approximate surface area is 198 Å². The molecule has 0 bridgehead atoms. The highest BCUT2D eigenvalue weighted by molar-refractivity contribution is 7.10. The fourth-order valence-corrected chi connectivity index (χ4v) is 5.99. The summed E-state index contributed by atoms with van der Waals surface area (Å²) in [7, 11) is 0. The lowest BCUT2D eigenvalue weighted by Gasteiger charge is -2.48. The zero-order valence-corrected chi connectivity index (χ0v) is 19.9. The summed E-state index contributed by atoms with van der Waals surface area (Å²) in [5.41, 5.74) is 6.30. The Bertz CT molecular complexity index is 902. The Morgan fingerprint density at radius 1 is 1.21 bits per heavy atom. The fraction of sp³-hybridized carbons (Fsp3) is 0.609. The van der Waals surface area contributed by atoms with Crippen molar-refractivity contribution < 1.29 is 19.1 Å². The van der Waals surface area contributed by atoms with Gasteiger partial charge < -0.3 is 21.1 Å². The van der Waals surface area contributed by atoms with Crippen LogP contribution < -0.4 is 16.4 Å². The molecule has 2 fully saturated rings. The molecule has 0 aromatic carbocycles. The molecule has 0 unspecified atom stereocenters. The number of piperidine rings is 2. The fourth-order valence-electron chi connectivity index (χ4n) is 5.21. The van der Waals surface area contributed by atoms with E-state index in [-0.39, 0.29) is 18.5 Å². The normalized spacial score (nSPS) is 24.2. The minimum absolute atomic E-state index is 0.247. The van der Waals surface area contributed by atoms with Gasteiger partial charge in [-0.05, 0) is 57.1 Å². The molecule has 0 aliphatic carbocycles. The number of amides is 3. The molecule has 4 rings (SSSR count). The third-order valence-electron chi connectivity index (χ3n) is 6.96. The lowest BCUT2D eigenvalue weighted by atomic mass is 9.83. The molecule has 2 saturated heterocycles. The first-order chi connectivity index (χ1) is 15.9. The van der Waals surface area contributed by atoms with Crippen LogP contribution in [0.2, 0.25) is 0 Å². The predicted octanol–water partition coefficient (Wildman–Crippen LogP) is 1.73. The Balaban J connectivity index is 1.54. The maximum Gasteiger partial charge on any atom is 0.338 e. The smallest absolute Gasteiger partial charge is 0.338 e. The van der Waals surface area contributed by atoms with E-state index >= 15 is 0 Å².